The smallest absolute Gasteiger partial charge is 0.262 e. The molecular formula is C24H26N4O2S. The molecule has 31 heavy (non-hydrogen) atoms. The maximum Gasteiger partial charge on any atom is 0.262 e. The minimum Gasteiger partial charge on any atom is -0.340 e. The highest BCUT2D eigenvalue weighted by Crippen LogP contribution is 2.09. The molecule has 0 radical (unpaired) electrons. The Balaban J connectivity index is 1.29. The number of nitrogens with zero attached hydrogens (tertiary/aromatic N) is 3. The van der Waals surface area contributed by atoms with Gasteiger partial charge in [-0.25, -0.2) is 0 Å². The fourth-order valence-corrected chi connectivity index (χ4v) is 4.13. The van der Waals surface area contributed by atoms with E-state index in [1.807, 2.05) is 41.3 Å². The van der Waals surface area contributed by atoms with Crippen LogP contribution in [0.15, 0.2) is 65.5 Å². The summed E-state index contributed by atoms with van der Waals surface area (Å²) in [5.41, 5.74) is 1.76. The van der Waals surface area contributed by atoms with Crippen molar-refractivity contribution in [1.29, 1.82) is 0 Å². The van der Waals surface area contributed by atoms with Crippen LogP contribution in [0.3, 0.4) is 0 Å². The SMILES string of the molecule is O=C(CCn1c(=S)[nH]c2ccccc2c1=O)N1CCN(C/C=C/c2ccccc2)CC1. The molecule has 0 saturated carbocycles. The first kappa shape index (κ1) is 21.2. The first-order chi connectivity index (χ1) is 15.1. The number of rotatable bonds is 6. The molecule has 0 spiro atoms. The summed E-state index contributed by atoms with van der Waals surface area (Å²) in [7, 11) is 0. The van der Waals surface area contributed by atoms with Gasteiger partial charge in [0.2, 0.25) is 5.91 Å². The predicted molar refractivity (Wildman–Crippen MR) is 127 cm³/mol. The van der Waals surface area contributed by atoms with Crippen LogP contribution in [0, 0.1) is 4.77 Å². The lowest BCUT2D eigenvalue weighted by Gasteiger charge is -2.34. The van der Waals surface area contributed by atoms with Crippen LogP contribution < -0.4 is 5.56 Å². The van der Waals surface area contributed by atoms with E-state index in [4.69, 9.17) is 12.2 Å². The van der Waals surface area contributed by atoms with Gasteiger partial charge in [0.05, 0.1) is 10.9 Å². The molecule has 160 valence electrons. The summed E-state index contributed by atoms with van der Waals surface area (Å²) in [4.78, 5) is 32.7. The minimum absolute atomic E-state index is 0.0638. The molecule has 3 aromatic rings. The number of nitrogens with one attached hydrogen (secondary N) is 1. The molecule has 4 rings (SSSR count). The third-order valence-corrected chi connectivity index (χ3v) is 5.96. The van der Waals surface area contributed by atoms with Gasteiger partial charge in [-0.05, 0) is 29.9 Å². The van der Waals surface area contributed by atoms with E-state index in [0.717, 1.165) is 25.2 Å². The molecule has 2 aromatic carbocycles. The lowest BCUT2D eigenvalue weighted by Crippen LogP contribution is -2.48. The molecule has 1 saturated heterocycles. The van der Waals surface area contributed by atoms with Crippen LogP contribution in [-0.4, -0.2) is 58.0 Å². The first-order valence-electron chi connectivity index (χ1n) is 10.6. The average molecular weight is 435 g/mol. The summed E-state index contributed by atoms with van der Waals surface area (Å²) in [6, 6.07) is 17.5. The molecule has 1 N–H and O–H groups in total. The molecule has 0 aliphatic carbocycles. The number of benzene rings is 2. The second-order valence-corrected chi connectivity index (χ2v) is 8.06. The lowest BCUT2D eigenvalue weighted by molar-refractivity contribution is -0.133. The zero-order valence-corrected chi connectivity index (χ0v) is 18.2. The average Bonchev–Trinajstić information content (AvgIpc) is 2.80. The number of hydrogen-bond donors (Lipinski definition) is 1. The zero-order valence-electron chi connectivity index (χ0n) is 17.4. The monoisotopic (exact) mass is 434 g/mol. The molecule has 7 heteroatoms. The Kier molecular flexibility index (Phi) is 6.74. The van der Waals surface area contributed by atoms with Gasteiger partial charge in [-0.1, -0.05) is 54.6 Å². The van der Waals surface area contributed by atoms with Crippen molar-refractivity contribution in [3.63, 3.8) is 0 Å². The topological polar surface area (TPSA) is 61.3 Å². The van der Waals surface area contributed by atoms with Crippen molar-refractivity contribution in [2.45, 2.75) is 13.0 Å². The highest BCUT2D eigenvalue weighted by molar-refractivity contribution is 7.71. The van der Waals surface area contributed by atoms with Gasteiger partial charge >= 0.3 is 0 Å². The third-order valence-electron chi connectivity index (χ3n) is 5.64. The van der Waals surface area contributed by atoms with Crippen LogP contribution in [0.4, 0.5) is 0 Å². The Labute approximate surface area is 186 Å². The standard InChI is InChI=1S/C24H26N4O2S/c29-22(12-14-28-23(30)20-10-4-5-11-21(20)25-24(28)31)27-17-15-26(16-18-27)13-6-9-19-7-2-1-3-8-19/h1-11H,12-18H2,(H,25,31)/b9-6+. The van der Waals surface area contributed by atoms with E-state index in [1.54, 1.807) is 6.07 Å². The predicted octanol–water partition coefficient (Wildman–Crippen LogP) is 3.31. The second kappa shape index (κ2) is 9.85. The number of aromatic nitrogens is 2. The number of fused-ring (bicyclic) bond motifs is 1. The Morgan fingerprint density at radius 1 is 1.00 bits per heavy atom. The van der Waals surface area contributed by atoms with Gasteiger partial charge in [-0.2, -0.15) is 0 Å². The summed E-state index contributed by atoms with van der Waals surface area (Å²) in [6.45, 7) is 4.27. The Hall–Kier alpha value is -3.03. The Morgan fingerprint density at radius 2 is 1.71 bits per heavy atom. The molecule has 0 unspecified atom stereocenters. The van der Waals surface area contributed by atoms with Gasteiger partial charge in [0.15, 0.2) is 4.77 Å². The van der Waals surface area contributed by atoms with Gasteiger partial charge in [-0.3, -0.25) is 19.1 Å². The number of carbonyl (C=O) groups is 1. The van der Waals surface area contributed by atoms with Crippen molar-refractivity contribution in [3.8, 4) is 0 Å². The zero-order chi connectivity index (χ0) is 21.6. The molecule has 0 bridgehead atoms. The van der Waals surface area contributed by atoms with Gasteiger partial charge in [0.1, 0.15) is 0 Å². The maximum atomic E-state index is 12.7. The van der Waals surface area contributed by atoms with Gasteiger partial charge < -0.3 is 9.88 Å². The van der Waals surface area contributed by atoms with E-state index in [-0.39, 0.29) is 24.4 Å². The summed E-state index contributed by atoms with van der Waals surface area (Å²) >= 11 is 5.34. The van der Waals surface area contributed by atoms with Crippen molar-refractivity contribution >= 4 is 35.1 Å². The maximum absolute atomic E-state index is 12.7. The van der Waals surface area contributed by atoms with Crippen LogP contribution in [-0.2, 0) is 11.3 Å². The van der Waals surface area contributed by atoms with Crippen molar-refractivity contribution in [1.82, 2.24) is 19.4 Å². The normalized spacial score (nSPS) is 15.0. The number of aromatic amines is 1. The van der Waals surface area contributed by atoms with Crippen LogP contribution in [0.25, 0.3) is 17.0 Å². The van der Waals surface area contributed by atoms with Crippen molar-refractivity contribution in [2.75, 3.05) is 32.7 Å². The third kappa shape index (κ3) is 5.18. The summed E-state index contributed by atoms with van der Waals surface area (Å²) in [6.07, 6.45) is 4.56. The van der Waals surface area contributed by atoms with Crippen LogP contribution >= 0.6 is 12.2 Å². The van der Waals surface area contributed by atoms with Crippen molar-refractivity contribution in [2.24, 2.45) is 0 Å². The van der Waals surface area contributed by atoms with Gasteiger partial charge in [-0.15, -0.1) is 0 Å². The first-order valence-corrected chi connectivity index (χ1v) is 11.0. The molecule has 1 fully saturated rings. The van der Waals surface area contributed by atoms with E-state index >= 15 is 0 Å². The van der Waals surface area contributed by atoms with E-state index in [9.17, 15) is 9.59 Å². The number of carbonyl (C=O) groups excluding carboxylic acids is 1. The number of hydrogen-bond acceptors (Lipinski definition) is 4. The molecular weight excluding hydrogens is 408 g/mol. The molecule has 1 aromatic heterocycles. The number of para-hydroxylation sites is 1. The van der Waals surface area contributed by atoms with Crippen molar-refractivity contribution < 1.29 is 4.79 Å². The number of piperazine rings is 1. The lowest BCUT2D eigenvalue weighted by atomic mass is 10.2. The molecule has 0 atom stereocenters. The molecule has 2 heterocycles. The van der Waals surface area contributed by atoms with Crippen LogP contribution in [0.5, 0.6) is 0 Å². The molecule has 1 amide bonds. The largest absolute Gasteiger partial charge is 0.340 e. The second-order valence-electron chi connectivity index (χ2n) is 7.68. The summed E-state index contributed by atoms with van der Waals surface area (Å²) in [5, 5.41) is 0.584. The Bertz CT molecular complexity index is 1190. The fourth-order valence-electron chi connectivity index (χ4n) is 3.85. The highest BCUT2D eigenvalue weighted by Gasteiger charge is 2.20. The Morgan fingerprint density at radius 3 is 2.48 bits per heavy atom. The van der Waals surface area contributed by atoms with E-state index in [2.05, 4.69) is 34.2 Å². The highest BCUT2D eigenvalue weighted by atomic mass is 32.1. The fraction of sp³-hybridized carbons (Fsp3) is 0.292. The van der Waals surface area contributed by atoms with Gasteiger partial charge in [0, 0.05) is 45.7 Å². The minimum atomic E-state index is -0.151. The van der Waals surface area contributed by atoms with Crippen molar-refractivity contribution in [3.05, 3.63) is 81.4 Å². The molecule has 6 nitrogen and oxygen atoms in total. The van der Waals surface area contributed by atoms with E-state index in [0.29, 0.717) is 23.2 Å². The van der Waals surface area contributed by atoms with E-state index < -0.39 is 0 Å². The summed E-state index contributed by atoms with van der Waals surface area (Å²) in [5.74, 6) is 0.0638. The van der Waals surface area contributed by atoms with E-state index in [1.165, 1.54) is 10.1 Å². The number of amides is 1. The molecule has 1 aliphatic rings. The van der Waals surface area contributed by atoms with Gasteiger partial charge in [0.25, 0.3) is 5.56 Å². The summed E-state index contributed by atoms with van der Waals surface area (Å²) < 4.78 is 1.84. The quantitative estimate of drug-likeness (QED) is 0.605. The molecule has 1 aliphatic heterocycles. The number of H-pyrrole nitrogens is 1. The van der Waals surface area contributed by atoms with Crippen LogP contribution in [0.1, 0.15) is 12.0 Å². The van der Waals surface area contributed by atoms with Crippen LogP contribution in [0.2, 0.25) is 0 Å².